The molecule has 7 nitrogen and oxygen atoms in total. The van der Waals surface area contributed by atoms with Crippen LogP contribution in [0.25, 0.3) is 11.0 Å². The normalized spacial score (nSPS) is 17.1. The fraction of sp³-hybridized carbons (Fsp3) is 0.421. The van der Waals surface area contributed by atoms with Crippen LogP contribution >= 0.6 is 11.6 Å². The lowest BCUT2D eigenvalue weighted by Crippen LogP contribution is -2.45. The molecule has 1 atom stereocenters. The zero-order valence-corrected chi connectivity index (χ0v) is 15.8. The van der Waals surface area contributed by atoms with E-state index in [1.807, 2.05) is 6.92 Å². The van der Waals surface area contributed by atoms with Crippen LogP contribution in [0.2, 0.25) is 5.02 Å². The molecule has 2 aromatic rings. The molecule has 1 fully saturated rings. The van der Waals surface area contributed by atoms with Gasteiger partial charge in [-0.25, -0.2) is 9.59 Å². The molecule has 0 spiro atoms. The number of primary amides is 1. The minimum atomic E-state index is -0.541. The van der Waals surface area contributed by atoms with Crippen molar-refractivity contribution >= 4 is 34.6 Å². The highest BCUT2D eigenvalue weighted by atomic mass is 35.5. The number of esters is 1. The first-order valence-electron chi connectivity index (χ1n) is 8.85. The molecule has 2 heterocycles. The number of carbonyl (C=O) groups excluding carboxylic acids is 2. The first-order chi connectivity index (χ1) is 12.9. The number of nitrogens with two attached hydrogens (primary N) is 1. The number of nitrogens with zero attached hydrogens (tertiary/aromatic N) is 1. The van der Waals surface area contributed by atoms with Gasteiger partial charge in [0.25, 0.3) is 0 Å². The molecule has 1 aliphatic heterocycles. The summed E-state index contributed by atoms with van der Waals surface area (Å²) in [6.45, 7) is 2.67. The van der Waals surface area contributed by atoms with Crippen LogP contribution in [-0.4, -0.2) is 30.0 Å². The largest absolute Gasteiger partial charge is 0.461 e. The van der Waals surface area contributed by atoms with E-state index in [-0.39, 0.29) is 13.2 Å². The van der Waals surface area contributed by atoms with Gasteiger partial charge in [0.15, 0.2) is 0 Å². The molecule has 3 rings (SSSR count). The van der Waals surface area contributed by atoms with E-state index in [0.29, 0.717) is 47.4 Å². The van der Waals surface area contributed by atoms with Crippen LogP contribution in [0.1, 0.15) is 30.9 Å². The lowest BCUT2D eigenvalue weighted by Gasteiger charge is -2.30. The van der Waals surface area contributed by atoms with Crippen molar-refractivity contribution in [3.63, 3.8) is 0 Å². The van der Waals surface area contributed by atoms with Crippen LogP contribution in [0.15, 0.2) is 27.4 Å². The number of ether oxygens (including phenoxy) is 1. The van der Waals surface area contributed by atoms with E-state index in [1.165, 1.54) is 11.0 Å². The van der Waals surface area contributed by atoms with Crippen molar-refractivity contribution in [3.05, 3.63) is 44.8 Å². The van der Waals surface area contributed by atoms with Crippen LogP contribution < -0.4 is 11.4 Å². The second-order valence-electron chi connectivity index (χ2n) is 6.62. The minimum absolute atomic E-state index is 0.0736. The summed E-state index contributed by atoms with van der Waals surface area (Å²) in [4.78, 5) is 37.0. The Morgan fingerprint density at radius 2 is 2.11 bits per heavy atom. The molecule has 144 valence electrons. The van der Waals surface area contributed by atoms with Crippen LogP contribution in [-0.2, 0) is 22.6 Å². The van der Waals surface area contributed by atoms with Crippen LogP contribution in [0.3, 0.4) is 0 Å². The molecular formula is C19H21ClN2O5. The maximum atomic E-state index is 12.4. The second kappa shape index (κ2) is 8.00. The summed E-state index contributed by atoms with van der Waals surface area (Å²) in [5.41, 5.74) is 6.58. The number of amides is 2. The van der Waals surface area contributed by atoms with Crippen molar-refractivity contribution < 1.29 is 18.7 Å². The van der Waals surface area contributed by atoms with Gasteiger partial charge < -0.3 is 19.8 Å². The van der Waals surface area contributed by atoms with Crippen LogP contribution in [0.5, 0.6) is 0 Å². The number of urea groups is 1. The third-order valence-electron chi connectivity index (χ3n) is 4.81. The number of benzene rings is 1. The smallest absolute Gasteiger partial charge is 0.336 e. The van der Waals surface area contributed by atoms with E-state index < -0.39 is 23.5 Å². The molecule has 1 aliphatic rings. The number of likely N-dealkylation sites (tertiary alicyclic amines) is 1. The first-order valence-corrected chi connectivity index (χ1v) is 9.23. The maximum absolute atomic E-state index is 12.4. The molecule has 1 aromatic carbocycles. The summed E-state index contributed by atoms with van der Waals surface area (Å²) >= 11 is 6.27. The van der Waals surface area contributed by atoms with Gasteiger partial charge in [0, 0.05) is 35.1 Å². The molecule has 1 saturated heterocycles. The van der Waals surface area contributed by atoms with Gasteiger partial charge >= 0.3 is 17.6 Å². The van der Waals surface area contributed by atoms with E-state index in [9.17, 15) is 14.4 Å². The Balaban J connectivity index is 1.78. The highest BCUT2D eigenvalue weighted by molar-refractivity contribution is 6.32. The van der Waals surface area contributed by atoms with Gasteiger partial charge in [-0.15, -0.1) is 0 Å². The van der Waals surface area contributed by atoms with E-state index in [2.05, 4.69) is 0 Å². The SMILES string of the molecule is CCc1cc2oc(=O)cc(COC(=O)[C@@H]3CCCN(C(N)=O)C3)c2cc1Cl. The molecule has 0 aliphatic carbocycles. The fourth-order valence-corrected chi connectivity index (χ4v) is 3.61. The molecular weight excluding hydrogens is 372 g/mol. The number of hydrogen-bond donors (Lipinski definition) is 1. The monoisotopic (exact) mass is 392 g/mol. The topological polar surface area (TPSA) is 103 Å². The second-order valence-corrected chi connectivity index (χ2v) is 7.02. The van der Waals surface area contributed by atoms with Crippen LogP contribution in [0, 0.1) is 5.92 Å². The molecule has 2 N–H and O–H groups in total. The first kappa shape index (κ1) is 19.2. The number of halogens is 1. The van der Waals surface area contributed by atoms with E-state index in [1.54, 1.807) is 12.1 Å². The van der Waals surface area contributed by atoms with Crippen molar-refractivity contribution in [2.45, 2.75) is 32.8 Å². The summed E-state index contributed by atoms with van der Waals surface area (Å²) in [6, 6.07) is 4.21. The number of piperidine rings is 1. The third-order valence-corrected chi connectivity index (χ3v) is 5.17. The van der Waals surface area contributed by atoms with E-state index in [0.717, 1.165) is 5.56 Å². The Labute approximate surface area is 161 Å². The van der Waals surface area contributed by atoms with Crippen molar-refractivity contribution in [2.75, 3.05) is 13.1 Å². The predicted molar refractivity (Wildman–Crippen MR) is 101 cm³/mol. The molecule has 0 unspecified atom stereocenters. The standard InChI is InChI=1S/C19H21ClN2O5/c1-2-11-6-16-14(8-15(11)20)13(7-17(23)27-16)10-26-18(24)12-4-3-5-22(9-12)19(21)25/h6-8,12H,2-5,9-10H2,1H3,(H2,21,25)/t12-/m1/s1. The average molecular weight is 393 g/mol. The highest BCUT2D eigenvalue weighted by Crippen LogP contribution is 2.27. The molecule has 2 amide bonds. The molecule has 0 radical (unpaired) electrons. The quantitative estimate of drug-likeness (QED) is 0.636. The molecule has 27 heavy (non-hydrogen) atoms. The predicted octanol–water partition coefficient (Wildman–Crippen LogP) is 2.84. The maximum Gasteiger partial charge on any atom is 0.336 e. The van der Waals surface area contributed by atoms with Gasteiger partial charge in [-0.2, -0.15) is 0 Å². The Kier molecular flexibility index (Phi) is 5.70. The Hall–Kier alpha value is -2.54. The van der Waals surface area contributed by atoms with Gasteiger partial charge in [-0.05, 0) is 37.0 Å². The molecule has 1 aromatic heterocycles. The van der Waals surface area contributed by atoms with Crippen molar-refractivity contribution in [3.8, 4) is 0 Å². The molecule has 8 heteroatoms. The highest BCUT2D eigenvalue weighted by Gasteiger charge is 2.28. The Morgan fingerprint density at radius 3 is 2.81 bits per heavy atom. The van der Waals surface area contributed by atoms with Crippen molar-refractivity contribution in [2.24, 2.45) is 11.7 Å². The molecule has 0 bridgehead atoms. The number of hydrogen-bond acceptors (Lipinski definition) is 5. The summed E-state index contributed by atoms with van der Waals surface area (Å²) < 4.78 is 10.7. The summed E-state index contributed by atoms with van der Waals surface area (Å²) in [6.07, 6.45) is 2.03. The van der Waals surface area contributed by atoms with Crippen molar-refractivity contribution in [1.29, 1.82) is 0 Å². The number of rotatable bonds is 4. The van der Waals surface area contributed by atoms with Crippen molar-refractivity contribution in [1.82, 2.24) is 4.90 Å². The lowest BCUT2D eigenvalue weighted by atomic mass is 9.98. The van der Waals surface area contributed by atoms with Crippen LogP contribution in [0.4, 0.5) is 4.79 Å². The zero-order chi connectivity index (χ0) is 19.6. The van der Waals surface area contributed by atoms with Gasteiger partial charge in [0.05, 0.1) is 5.92 Å². The van der Waals surface area contributed by atoms with Gasteiger partial charge in [-0.3, -0.25) is 4.79 Å². The number of fused-ring (bicyclic) bond motifs is 1. The third kappa shape index (κ3) is 4.24. The lowest BCUT2D eigenvalue weighted by molar-refractivity contribution is -0.151. The average Bonchev–Trinajstić information content (AvgIpc) is 2.65. The summed E-state index contributed by atoms with van der Waals surface area (Å²) in [7, 11) is 0. The van der Waals surface area contributed by atoms with Gasteiger partial charge in [0.1, 0.15) is 12.2 Å². The minimum Gasteiger partial charge on any atom is -0.461 e. The van der Waals surface area contributed by atoms with E-state index in [4.69, 9.17) is 26.5 Å². The zero-order valence-electron chi connectivity index (χ0n) is 15.0. The Morgan fingerprint density at radius 1 is 1.33 bits per heavy atom. The Bertz CT molecular complexity index is 940. The van der Waals surface area contributed by atoms with E-state index >= 15 is 0 Å². The summed E-state index contributed by atoms with van der Waals surface area (Å²) in [5.74, 6) is -0.841. The molecule has 0 saturated carbocycles. The fourth-order valence-electron chi connectivity index (χ4n) is 3.32. The number of carbonyl (C=O) groups is 2. The van der Waals surface area contributed by atoms with Gasteiger partial charge in [0.2, 0.25) is 0 Å². The van der Waals surface area contributed by atoms with Gasteiger partial charge in [-0.1, -0.05) is 18.5 Å². The summed E-state index contributed by atoms with van der Waals surface area (Å²) in [5, 5.41) is 1.20. The number of aryl methyl sites for hydroxylation is 1.